The average Bonchev–Trinajstić information content (AvgIpc) is 2.72. The first-order chi connectivity index (χ1) is 15.0. The van der Waals surface area contributed by atoms with Gasteiger partial charge in [-0.25, -0.2) is 0 Å². The van der Waals surface area contributed by atoms with Gasteiger partial charge in [-0.3, -0.25) is 9.35 Å². The Morgan fingerprint density at radius 1 is 0.710 bits per heavy atom. The van der Waals surface area contributed by atoms with Crippen molar-refractivity contribution in [1.29, 1.82) is 0 Å². The number of carbonyl (C=O) groups is 1. The van der Waals surface area contributed by atoms with E-state index in [-0.39, 0.29) is 24.6 Å². The lowest BCUT2D eigenvalue weighted by Crippen LogP contribution is -2.23. The first-order valence-electron chi connectivity index (χ1n) is 12.8. The normalized spacial score (nSPS) is 11.9. The van der Waals surface area contributed by atoms with Crippen molar-refractivity contribution in [3.8, 4) is 0 Å². The molecule has 6 heteroatoms. The number of amides is 1. The molecule has 1 amide bonds. The molecule has 0 fully saturated rings. The van der Waals surface area contributed by atoms with Gasteiger partial charge in [0.2, 0.25) is 5.91 Å². The van der Waals surface area contributed by atoms with E-state index >= 15 is 0 Å². The fraction of sp³-hybridized carbons (Fsp3) is 0.880. The zero-order valence-corrected chi connectivity index (χ0v) is 20.9. The van der Waals surface area contributed by atoms with E-state index in [1.54, 1.807) is 0 Å². The van der Waals surface area contributed by atoms with Crippen molar-refractivity contribution in [3.05, 3.63) is 12.2 Å². The minimum absolute atomic E-state index is 0.206. The zero-order valence-electron chi connectivity index (χ0n) is 20.1. The fourth-order valence-electron chi connectivity index (χ4n) is 3.70. The smallest absolute Gasteiger partial charge is 0.264 e. The second-order valence-corrected chi connectivity index (χ2v) is 10.4. The van der Waals surface area contributed by atoms with E-state index in [1.165, 1.54) is 109 Å². The van der Waals surface area contributed by atoms with Gasteiger partial charge in [0.1, 0.15) is 0 Å². The summed E-state index contributed by atoms with van der Waals surface area (Å²) in [5, 5.41) is 2.61. The molecule has 0 atom stereocenters. The van der Waals surface area contributed by atoms with E-state index in [0.29, 0.717) is 0 Å². The summed E-state index contributed by atoms with van der Waals surface area (Å²) in [5.74, 6) is -0.529. The number of unbranched alkanes of at least 4 members (excludes halogenated alkanes) is 17. The second-order valence-electron chi connectivity index (χ2n) is 8.78. The van der Waals surface area contributed by atoms with Crippen LogP contribution in [0.2, 0.25) is 0 Å². The van der Waals surface area contributed by atoms with Crippen LogP contribution >= 0.6 is 0 Å². The van der Waals surface area contributed by atoms with Crippen molar-refractivity contribution in [2.24, 2.45) is 0 Å². The third-order valence-corrected chi connectivity index (χ3v) is 6.43. The van der Waals surface area contributed by atoms with E-state index in [9.17, 15) is 13.2 Å². The molecule has 0 unspecified atom stereocenters. The van der Waals surface area contributed by atoms with Gasteiger partial charge in [-0.2, -0.15) is 8.42 Å². The van der Waals surface area contributed by atoms with Gasteiger partial charge < -0.3 is 5.32 Å². The van der Waals surface area contributed by atoms with Crippen LogP contribution in [0.25, 0.3) is 0 Å². The summed E-state index contributed by atoms with van der Waals surface area (Å²) in [4.78, 5) is 11.5. The highest BCUT2D eigenvalue weighted by Gasteiger charge is 2.03. The number of hydrogen-bond donors (Lipinski definition) is 2. The van der Waals surface area contributed by atoms with Gasteiger partial charge >= 0.3 is 0 Å². The highest BCUT2D eigenvalue weighted by molar-refractivity contribution is 7.85. The van der Waals surface area contributed by atoms with Crippen LogP contribution in [0.5, 0.6) is 0 Å². The molecule has 0 aromatic heterocycles. The summed E-state index contributed by atoms with van der Waals surface area (Å²) in [6.07, 6.45) is 27.6. The van der Waals surface area contributed by atoms with E-state index < -0.39 is 10.1 Å². The van der Waals surface area contributed by atoms with Crippen LogP contribution in [-0.4, -0.2) is 31.2 Å². The largest absolute Gasteiger partial charge is 0.353 e. The van der Waals surface area contributed by atoms with E-state index in [0.717, 1.165) is 12.8 Å². The van der Waals surface area contributed by atoms with Crippen molar-refractivity contribution < 1.29 is 17.8 Å². The van der Waals surface area contributed by atoms with E-state index in [1.807, 2.05) is 6.08 Å². The first kappa shape index (κ1) is 30.1. The van der Waals surface area contributed by atoms with Crippen molar-refractivity contribution in [2.75, 3.05) is 12.3 Å². The van der Waals surface area contributed by atoms with Crippen LogP contribution in [0.3, 0.4) is 0 Å². The molecular weight excluding hydrogens is 410 g/mol. The van der Waals surface area contributed by atoms with Gasteiger partial charge in [-0.1, -0.05) is 116 Å². The number of hydrogen-bond acceptors (Lipinski definition) is 3. The molecule has 0 saturated carbocycles. The van der Waals surface area contributed by atoms with Crippen molar-refractivity contribution in [1.82, 2.24) is 5.32 Å². The standard InChI is InChI=1S/C25H49NO4S/c1-2-3-4-5-6-7-8-9-10-11-12-13-14-15-16-17-18-19-20-22-25(27)26-23-21-24-31(28,29)30/h20,22H,2-19,21,23-24H2,1H3,(H,26,27)(H,28,29,30)/b22-20+. The van der Waals surface area contributed by atoms with E-state index in [4.69, 9.17) is 4.55 Å². The Balaban J connectivity index is 3.24. The van der Waals surface area contributed by atoms with Crippen LogP contribution in [0.4, 0.5) is 0 Å². The Kier molecular flexibility index (Phi) is 21.7. The molecule has 0 aromatic carbocycles. The molecule has 5 nitrogen and oxygen atoms in total. The Bertz CT molecular complexity index is 532. The molecule has 0 radical (unpaired) electrons. The quantitative estimate of drug-likeness (QED) is 0.0980. The maximum Gasteiger partial charge on any atom is 0.264 e. The molecule has 0 aliphatic rings. The van der Waals surface area contributed by atoms with Gasteiger partial charge in [0, 0.05) is 6.54 Å². The first-order valence-corrected chi connectivity index (χ1v) is 14.5. The molecule has 0 heterocycles. The Labute approximate surface area is 192 Å². The summed E-state index contributed by atoms with van der Waals surface area (Å²) in [7, 11) is -3.94. The maximum atomic E-state index is 11.5. The summed E-state index contributed by atoms with van der Waals surface area (Å²) in [6, 6.07) is 0. The lowest BCUT2D eigenvalue weighted by molar-refractivity contribution is -0.116. The molecular formula is C25H49NO4S. The third kappa shape index (κ3) is 27.1. The molecule has 0 spiro atoms. The highest BCUT2D eigenvalue weighted by atomic mass is 32.2. The van der Waals surface area contributed by atoms with Crippen LogP contribution in [0, 0.1) is 0 Å². The molecule has 0 rings (SSSR count). The fourth-order valence-corrected chi connectivity index (χ4v) is 4.21. The van der Waals surface area contributed by atoms with Gasteiger partial charge in [-0.05, 0) is 25.3 Å². The molecule has 184 valence electrons. The summed E-state index contributed by atoms with van der Waals surface area (Å²) < 4.78 is 29.7. The van der Waals surface area contributed by atoms with Crippen LogP contribution < -0.4 is 5.32 Å². The van der Waals surface area contributed by atoms with Gasteiger partial charge in [0.05, 0.1) is 5.75 Å². The van der Waals surface area contributed by atoms with Crippen LogP contribution in [0.15, 0.2) is 12.2 Å². The zero-order chi connectivity index (χ0) is 23.0. The molecule has 0 bridgehead atoms. The lowest BCUT2D eigenvalue weighted by Gasteiger charge is -2.03. The van der Waals surface area contributed by atoms with Gasteiger partial charge in [0.25, 0.3) is 10.1 Å². The van der Waals surface area contributed by atoms with Crippen molar-refractivity contribution in [3.63, 3.8) is 0 Å². The van der Waals surface area contributed by atoms with Crippen molar-refractivity contribution >= 4 is 16.0 Å². The number of nitrogens with one attached hydrogen (secondary N) is 1. The minimum atomic E-state index is -3.94. The molecule has 0 aliphatic carbocycles. The van der Waals surface area contributed by atoms with Gasteiger partial charge in [-0.15, -0.1) is 0 Å². The Morgan fingerprint density at radius 2 is 1.13 bits per heavy atom. The Hall–Kier alpha value is -0.880. The third-order valence-electron chi connectivity index (χ3n) is 5.62. The molecule has 0 saturated heterocycles. The number of rotatable bonds is 23. The second kappa shape index (κ2) is 22.3. The number of allylic oxidation sites excluding steroid dienone is 1. The monoisotopic (exact) mass is 459 g/mol. The van der Waals surface area contributed by atoms with E-state index in [2.05, 4.69) is 12.2 Å². The molecule has 31 heavy (non-hydrogen) atoms. The Morgan fingerprint density at radius 3 is 1.55 bits per heavy atom. The SMILES string of the molecule is CCCCCCCCCCCCCCCCCCC/C=C/C(=O)NCCCS(=O)(=O)O. The molecule has 2 N–H and O–H groups in total. The molecule has 0 aromatic rings. The predicted molar refractivity (Wildman–Crippen MR) is 132 cm³/mol. The minimum Gasteiger partial charge on any atom is -0.353 e. The average molecular weight is 460 g/mol. The van der Waals surface area contributed by atoms with Gasteiger partial charge in [0.15, 0.2) is 0 Å². The summed E-state index contributed by atoms with van der Waals surface area (Å²) >= 11 is 0. The predicted octanol–water partition coefficient (Wildman–Crippen LogP) is 6.98. The van der Waals surface area contributed by atoms with Crippen molar-refractivity contribution in [2.45, 2.75) is 129 Å². The highest BCUT2D eigenvalue weighted by Crippen LogP contribution is 2.14. The van der Waals surface area contributed by atoms with Crippen LogP contribution in [0.1, 0.15) is 129 Å². The molecule has 0 aliphatic heterocycles. The summed E-state index contributed by atoms with van der Waals surface area (Å²) in [6.45, 7) is 2.53. The van der Waals surface area contributed by atoms with Crippen LogP contribution in [-0.2, 0) is 14.9 Å². The topological polar surface area (TPSA) is 83.5 Å². The number of carbonyl (C=O) groups excluding carboxylic acids is 1. The maximum absolute atomic E-state index is 11.5. The lowest BCUT2D eigenvalue weighted by atomic mass is 10.0. The summed E-state index contributed by atoms with van der Waals surface area (Å²) in [5.41, 5.74) is 0.